The normalized spacial score (nSPS) is 11.6. The minimum atomic E-state index is 0.141. The van der Waals surface area contributed by atoms with E-state index in [9.17, 15) is 4.79 Å². The van der Waals surface area contributed by atoms with Gasteiger partial charge in [-0.3, -0.25) is 4.79 Å². The van der Waals surface area contributed by atoms with E-state index >= 15 is 0 Å². The second-order valence-electron chi connectivity index (χ2n) is 6.45. The van der Waals surface area contributed by atoms with Crippen LogP contribution >= 0.6 is 11.8 Å². The number of amides is 1. The average Bonchev–Trinajstić information content (AvgIpc) is 2.48. The fourth-order valence-corrected chi connectivity index (χ4v) is 3.21. The number of thioether (sulfide) groups is 1. The molecule has 0 aliphatic rings. The molecule has 118 valence electrons. The lowest BCUT2D eigenvalue weighted by Gasteiger charge is -2.17. The Bertz CT molecular complexity index is 625. The van der Waals surface area contributed by atoms with E-state index < -0.39 is 0 Å². The predicted octanol–water partition coefficient (Wildman–Crippen LogP) is 4.42. The van der Waals surface area contributed by atoms with E-state index in [1.54, 1.807) is 0 Å². The summed E-state index contributed by atoms with van der Waals surface area (Å²) in [6.45, 7) is 7.33. The molecule has 3 heteroatoms. The zero-order chi connectivity index (χ0) is 16.0. The molecule has 0 aliphatic heterocycles. The molecule has 2 nitrogen and oxygen atoms in total. The molecule has 0 atom stereocenters. The predicted molar refractivity (Wildman–Crippen MR) is 97.5 cm³/mol. The van der Waals surface area contributed by atoms with Gasteiger partial charge in [0.05, 0.1) is 0 Å². The van der Waals surface area contributed by atoms with Crippen LogP contribution in [-0.4, -0.2) is 23.0 Å². The van der Waals surface area contributed by atoms with Gasteiger partial charge in [-0.1, -0.05) is 63.2 Å². The molecule has 0 spiro atoms. The number of aryl methyl sites for hydroxylation is 1. The van der Waals surface area contributed by atoms with E-state index in [0.29, 0.717) is 6.42 Å². The summed E-state index contributed by atoms with van der Waals surface area (Å²) < 4.78 is 0.258. The number of hydrogen-bond acceptors (Lipinski definition) is 2. The number of hydrogen-bond donors (Lipinski definition) is 1. The molecule has 0 radical (unpaired) electrons. The zero-order valence-electron chi connectivity index (χ0n) is 13.7. The second-order valence-corrected chi connectivity index (χ2v) is 8.37. The Balaban J connectivity index is 1.81. The maximum Gasteiger partial charge on any atom is 0.220 e. The molecule has 22 heavy (non-hydrogen) atoms. The summed E-state index contributed by atoms with van der Waals surface area (Å²) in [7, 11) is 0. The van der Waals surface area contributed by atoms with Crippen LogP contribution in [0, 0.1) is 0 Å². The molecule has 0 fully saturated rings. The quantitative estimate of drug-likeness (QED) is 0.800. The number of rotatable bonds is 6. The first kappa shape index (κ1) is 16.9. The molecular formula is C19H25NOS. The number of carbonyl (C=O) groups excluding carboxylic acids is 1. The summed E-state index contributed by atoms with van der Waals surface area (Å²) in [5, 5.41) is 5.50. The first-order valence-electron chi connectivity index (χ1n) is 7.83. The third kappa shape index (κ3) is 5.38. The van der Waals surface area contributed by atoms with E-state index in [-0.39, 0.29) is 10.7 Å². The van der Waals surface area contributed by atoms with Gasteiger partial charge in [0, 0.05) is 23.5 Å². The average molecular weight is 315 g/mol. The summed E-state index contributed by atoms with van der Waals surface area (Å²) in [6, 6.07) is 14.6. The van der Waals surface area contributed by atoms with Crippen molar-refractivity contribution in [2.45, 2.75) is 38.4 Å². The van der Waals surface area contributed by atoms with Crippen LogP contribution in [0.3, 0.4) is 0 Å². The van der Waals surface area contributed by atoms with Crippen LogP contribution in [-0.2, 0) is 11.2 Å². The van der Waals surface area contributed by atoms with Gasteiger partial charge in [0.25, 0.3) is 0 Å². The van der Waals surface area contributed by atoms with Gasteiger partial charge in [-0.2, -0.15) is 11.8 Å². The van der Waals surface area contributed by atoms with Crippen LogP contribution in [0.25, 0.3) is 10.8 Å². The van der Waals surface area contributed by atoms with Gasteiger partial charge in [0.2, 0.25) is 5.91 Å². The minimum Gasteiger partial charge on any atom is -0.355 e. The third-order valence-electron chi connectivity index (χ3n) is 3.46. The summed E-state index contributed by atoms with van der Waals surface area (Å²) in [5.41, 5.74) is 1.25. The van der Waals surface area contributed by atoms with Crippen LogP contribution in [0.15, 0.2) is 42.5 Å². The third-order valence-corrected chi connectivity index (χ3v) is 4.73. The smallest absolute Gasteiger partial charge is 0.220 e. The summed E-state index contributed by atoms with van der Waals surface area (Å²) in [4.78, 5) is 12.0. The molecule has 0 bridgehead atoms. The summed E-state index contributed by atoms with van der Waals surface area (Å²) in [5.74, 6) is 1.10. The zero-order valence-corrected chi connectivity index (χ0v) is 14.5. The molecule has 2 rings (SSSR count). The van der Waals surface area contributed by atoms with Gasteiger partial charge >= 0.3 is 0 Å². The lowest BCUT2D eigenvalue weighted by atomic mass is 10.0. The van der Waals surface area contributed by atoms with E-state index in [4.69, 9.17) is 0 Å². The molecule has 0 saturated carbocycles. The monoisotopic (exact) mass is 315 g/mol. The van der Waals surface area contributed by atoms with E-state index in [2.05, 4.69) is 62.5 Å². The van der Waals surface area contributed by atoms with Gasteiger partial charge in [-0.05, 0) is 22.8 Å². The maximum absolute atomic E-state index is 12.0. The van der Waals surface area contributed by atoms with Gasteiger partial charge in [-0.15, -0.1) is 0 Å². The number of benzene rings is 2. The standard InChI is InChI=1S/C19H25NOS/c1-19(2,3)22-14-13-20-18(21)12-11-16-9-6-8-15-7-4-5-10-17(15)16/h4-10H,11-14H2,1-3H3,(H,20,21). The molecule has 2 aromatic rings. The Morgan fingerprint density at radius 3 is 2.59 bits per heavy atom. The van der Waals surface area contributed by atoms with Crippen molar-refractivity contribution < 1.29 is 4.79 Å². The van der Waals surface area contributed by atoms with Gasteiger partial charge < -0.3 is 5.32 Å². The molecule has 1 N–H and O–H groups in total. The van der Waals surface area contributed by atoms with Gasteiger partial charge in [-0.25, -0.2) is 0 Å². The van der Waals surface area contributed by atoms with Crippen molar-refractivity contribution >= 4 is 28.4 Å². The Morgan fingerprint density at radius 2 is 1.82 bits per heavy atom. The highest BCUT2D eigenvalue weighted by Gasteiger charge is 2.10. The Labute approximate surface area is 137 Å². The summed E-state index contributed by atoms with van der Waals surface area (Å²) >= 11 is 1.88. The van der Waals surface area contributed by atoms with Crippen LogP contribution in [0.5, 0.6) is 0 Å². The molecule has 0 unspecified atom stereocenters. The van der Waals surface area contributed by atoms with Gasteiger partial charge in [0.15, 0.2) is 0 Å². The lowest BCUT2D eigenvalue weighted by Crippen LogP contribution is -2.27. The van der Waals surface area contributed by atoms with Crippen molar-refractivity contribution in [1.29, 1.82) is 0 Å². The molecule has 2 aromatic carbocycles. The number of carbonyl (C=O) groups is 1. The first-order chi connectivity index (χ1) is 10.5. The topological polar surface area (TPSA) is 29.1 Å². The van der Waals surface area contributed by atoms with Crippen LogP contribution in [0.4, 0.5) is 0 Å². The highest BCUT2D eigenvalue weighted by molar-refractivity contribution is 8.00. The minimum absolute atomic E-state index is 0.141. The van der Waals surface area contributed by atoms with Crippen molar-refractivity contribution in [3.05, 3.63) is 48.0 Å². The largest absolute Gasteiger partial charge is 0.355 e. The fourth-order valence-electron chi connectivity index (χ4n) is 2.39. The highest BCUT2D eigenvalue weighted by atomic mass is 32.2. The van der Waals surface area contributed by atoms with E-state index in [1.165, 1.54) is 16.3 Å². The maximum atomic E-state index is 12.0. The second kappa shape index (κ2) is 7.68. The SMILES string of the molecule is CC(C)(C)SCCNC(=O)CCc1cccc2ccccc12. The van der Waals surface area contributed by atoms with Gasteiger partial charge in [0.1, 0.15) is 0 Å². The van der Waals surface area contributed by atoms with E-state index in [1.807, 2.05) is 17.8 Å². The Hall–Kier alpha value is -1.48. The highest BCUT2D eigenvalue weighted by Crippen LogP contribution is 2.22. The van der Waals surface area contributed by atoms with Crippen LogP contribution in [0.2, 0.25) is 0 Å². The Kier molecular flexibility index (Phi) is 5.90. The van der Waals surface area contributed by atoms with Crippen molar-refractivity contribution in [1.82, 2.24) is 5.32 Å². The molecule has 0 heterocycles. The molecule has 0 aliphatic carbocycles. The van der Waals surface area contributed by atoms with Crippen LogP contribution < -0.4 is 5.32 Å². The van der Waals surface area contributed by atoms with Crippen molar-refractivity contribution in [3.63, 3.8) is 0 Å². The first-order valence-corrected chi connectivity index (χ1v) is 8.81. The fraction of sp³-hybridized carbons (Fsp3) is 0.421. The molecule has 0 aromatic heterocycles. The molecule has 1 amide bonds. The van der Waals surface area contributed by atoms with Crippen molar-refractivity contribution in [3.8, 4) is 0 Å². The number of fused-ring (bicyclic) bond motifs is 1. The molecular weight excluding hydrogens is 290 g/mol. The van der Waals surface area contributed by atoms with Crippen molar-refractivity contribution in [2.24, 2.45) is 0 Å². The van der Waals surface area contributed by atoms with Crippen molar-refractivity contribution in [2.75, 3.05) is 12.3 Å². The van der Waals surface area contributed by atoms with Crippen LogP contribution in [0.1, 0.15) is 32.8 Å². The lowest BCUT2D eigenvalue weighted by molar-refractivity contribution is -0.120. The molecule has 0 saturated heterocycles. The Morgan fingerprint density at radius 1 is 1.09 bits per heavy atom. The number of nitrogens with one attached hydrogen (secondary N) is 1. The summed E-state index contributed by atoms with van der Waals surface area (Å²) in [6.07, 6.45) is 1.34. The van der Waals surface area contributed by atoms with E-state index in [0.717, 1.165) is 18.7 Å².